The lowest BCUT2D eigenvalue weighted by Crippen LogP contribution is -2.46. The lowest BCUT2D eigenvalue weighted by Gasteiger charge is -2.40. The molecule has 1 aromatic carbocycles. The first-order valence-electron chi connectivity index (χ1n) is 11.0. The number of hydrogen-bond acceptors (Lipinski definition) is 3. The second-order valence-corrected chi connectivity index (χ2v) is 8.48. The van der Waals surface area contributed by atoms with Crippen LogP contribution in [-0.2, 0) is 6.54 Å². The largest absolute Gasteiger partial charge is 0.487 e. The molecule has 1 aliphatic carbocycles. The van der Waals surface area contributed by atoms with Crippen LogP contribution in [0.3, 0.4) is 0 Å². The first-order chi connectivity index (χ1) is 14.2. The van der Waals surface area contributed by atoms with Crippen LogP contribution in [0.4, 0.5) is 0 Å². The van der Waals surface area contributed by atoms with E-state index in [1.165, 1.54) is 18.4 Å². The van der Waals surface area contributed by atoms with Crippen LogP contribution in [0.1, 0.15) is 57.6 Å². The van der Waals surface area contributed by atoms with Crippen LogP contribution in [0.5, 0.6) is 5.75 Å². The Morgan fingerprint density at radius 2 is 2.14 bits per heavy atom. The van der Waals surface area contributed by atoms with Crippen LogP contribution < -0.4 is 15.4 Å². The molecule has 2 unspecified atom stereocenters. The van der Waals surface area contributed by atoms with Gasteiger partial charge < -0.3 is 15.4 Å². The average molecular weight is 396 g/mol. The summed E-state index contributed by atoms with van der Waals surface area (Å²) >= 11 is 0. The Hall–Kier alpha value is -2.50. The molecule has 0 radical (unpaired) electrons. The van der Waals surface area contributed by atoms with Crippen molar-refractivity contribution in [3.8, 4) is 5.75 Å². The molecule has 0 bridgehead atoms. The van der Waals surface area contributed by atoms with Gasteiger partial charge in [0.05, 0.1) is 6.04 Å². The minimum atomic E-state index is -0.0171. The molecule has 0 amide bonds. The summed E-state index contributed by atoms with van der Waals surface area (Å²) in [6.07, 6.45) is 9.63. The third-order valence-corrected chi connectivity index (χ3v) is 5.99. The maximum absolute atomic E-state index is 6.50. The maximum atomic E-state index is 6.50. The number of rotatable bonds is 6. The van der Waals surface area contributed by atoms with E-state index in [-0.39, 0.29) is 11.6 Å². The predicted octanol–water partition coefficient (Wildman–Crippen LogP) is 3.91. The van der Waals surface area contributed by atoms with Gasteiger partial charge >= 0.3 is 0 Å². The molecular weight excluding hydrogens is 362 g/mol. The molecular formula is C23H33N5O. The van der Waals surface area contributed by atoms with Gasteiger partial charge in [-0.2, -0.15) is 5.10 Å². The molecule has 1 spiro atoms. The summed E-state index contributed by atoms with van der Waals surface area (Å²) in [4.78, 5) is 4.89. The van der Waals surface area contributed by atoms with E-state index in [0.29, 0.717) is 5.92 Å². The van der Waals surface area contributed by atoms with Crippen molar-refractivity contribution >= 4 is 5.96 Å². The molecule has 6 heteroatoms. The van der Waals surface area contributed by atoms with Crippen molar-refractivity contribution in [2.24, 2.45) is 10.9 Å². The number of fused-ring (bicyclic) bond motifs is 1. The fraction of sp³-hybridized carbons (Fsp3) is 0.565. The van der Waals surface area contributed by atoms with Crippen molar-refractivity contribution in [3.63, 3.8) is 0 Å². The van der Waals surface area contributed by atoms with Gasteiger partial charge in [0.2, 0.25) is 0 Å². The van der Waals surface area contributed by atoms with Crippen molar-refractivity contribution in [2.45, 2.75) is 64.1 Å². The number of para-hydroxylation sites is 1. The Balaban J connectivity index is 1.47. The highest BCUT2D eigenvalue weighted by atomic mass is 16.5. The average Bonchev–Trinajstić information content (AvgIpc) is 3.39. The van der Waals surface area contributed by atoms with E-state index in [4.69, 9.17) is 9.73 Å². The van der Waals surface area contributed by atoms with E-state index in [1.807, 2.05) is 23.1 Å². The third-order valence-electron chi connectivity index (χ3n) is 5.99. The van der Waals surface area contributed by atoms with Crippen molar-refractivity contribution in [1.82, 2.24) is 20.4 Å². The van der Waals surface area contributed by atoms with Gasteiger partial charge in [0.25, 0.3) is 0 Å². The zero-order valence-corrected chi connectivity index (χ0v) is 17.6. The van der Waals surface area contributed by atoms with Crippen molar-refractivity contribution in [2.75, 3.05) is 13.1 Å². The first kappa shape index (κ1) is 19.8. The molecule has 2 N–H and O–H groups in total. The zero-order valence-electron chi connectivity index (χ0n) is 17.6. The molecule has 29 heavy (non-hydrogen) atoms. The minimum Gasteiger partial charge on any atom is -0.487 e. The van der Waals surface area contributed by atoms with Crippen LogP contribution in [0.2, 0.25) is 0 Å². The Morgan fingerprint density at radius 1 is 1.31 bits per heavy atom. The number of ether oxygens (including phenoxy) is 1. The summed E-state index contributed by atoms with van der Waals surface area (Å²) in [6.45, 7) is 6.80. The van der Waals surface area contributed by atoms with Gasteiger partial charge in [-0.25, -0.2) is 0 Å². The highest BCUT2D eigenvalue weighted by molar-refractivity contribution is 5.80. The maximum Gasteiger partial charge on any atom is 0.191 e. The Bertz CT molecular complexity index is 810. The van der Waals surface area contributed by atoms with E-state index in [2.05, 4.69) is 53.8 Å². The fourth-order valence-electron chi connectivity index (χ4n) is 4.59. The van der Waals surface area contributed by atoms with Crippen LogP contribution in [-0.4, -0.2) is 34.4 Å². The number of aromatic nitrogens is 2. The van der Waals surface area contributed by atoms with Crippen LogP contribution in [0.25, 0.3) is 0 Å². The highest BCUT2D eigenvalue weighted by Gasteiger charge is 2.43. The standard InChI is InChI=1S/C23H33N5O/c1-3-24-22(25-16-18(2)17-28-14-8-13-26-28)27-20-15-23(11-6-7-12-23)29-21-10-5-4-9-19(20)21/h4-5,8-10,13-14,18,20H,3,6-7,11-12,15-17H2,1-2H3,(H2,24,25,27). The van der Waals surface area contributed by atoms with Crippen molar-refractivity contribution in [1.29, 1.82) is 0 Å². The number of aliphatic imine (C=N–C) groups is 1. The van der Waals surface area contributed by atoms with Gasteiger partial charge in [-0.15, -0.1) is 0 Å². The molecule has 1 fully saturated rings. The Kier molecular flexibility index (Phi) is 6.07. The van der Waals surface area contributed by atoms with E-state index in [0.717, 1.165) is 50.6 Å². The first-order valence-corrected chi connectivity index (χ1v) is 11.0. The smallest absolute Gasteiger partial charge is 0.191 e. The lowest BCUT2D eigenvalue weighted by molar-refractivity contribution is 0.0396. The molecule has 2 atom stereocenters. The van der Waals surface area contributed by atoms with Gasteiger partial charge in [-0.3, -0.25) is 9.67 Å². The molecule has 0 saturated heterocycles. The van der Waals surface area contributed by atoms with E-state index in [1.54, 1.807) is 0 Å². The minimum absolute atomic E-state index is 0.0171. The van der Waals surface area contributed by atoms with Crippen LogP contribution >= 0.6 is 0 Å². The zero-order chi connectivity index (χ0) is 20.1. The van der Waals surface area contributed by atoms with Gasteiger partial charge in [0.15, 0.2) is 5.96 Å². The Morgan fingerprint density at radius 3 is 2.90 bits per heavy atom. The third kappa shape index (κ3) is 4.74. The van der Waals surface area contributed by atoms with E-state index in [9.17, 15) is 0 Å². The topological polar surface area (TPSA) is 63.5 Å². The molecule has 6 nitrogen and oxygen atoms in total. The van der Waals surface area contributed by atoms with Crippen LogP contribution in [0.15, 0.2) is 47.7 Å². The van der Waals surface area contributed by atoms with Gasteiger partial charge in [0.1, 0.15) is 11.4 Å². The van der Waals surface area contributed by atoms with E-state index < -0.39 is 0 Å². The number of nitrogens with one attached hydrogen (secondary N) is 2. The summed E-state index contributed by atoms with van der Waals surface area (Å²) in [5, 5.41) is 11.4. The molecule has 156 valence electrons. The molecule has 2 aliphatic rings. The summed E-state index contributed by atoms with van der Waals surface area (Å²) < 4.78 is 8.47. The monoisotopic (exact) mass is 395 g/mol. The molecule has 4 rings (SSSR count). The predicted molar refractivity (Wildman–Crippen MR) is 116 cm³/mol. The van der Waals surface area contributed by atoms with Crippen molar-refractivity contribution < 1.29 is 4.74 Å². The molecule has 1 saturated carbocycles. The van der Waals surface area contributed by atoms with Crippen LogP contribution in [0, 0.1) is 5.92 Å². The van der Waals surface area contributed by atoms with Crippen molar-refractivity contribution in [3.05, 3.63) is 48.3 Å². The van der Waals surface area contributed by atoms with Gasteiger partial charge in [0, 0.05) is 44.0 Å². The summed E-state index contributed by atoms with van der Waals surface area (Å²) in [7, 11) is 0. The fourth-order valence-corrected chi connectivity index (χ4v) is 4.59. The number of nitrogens with zero attached hydrogens (tertiary/aromatic N) is 3. The molecule has 1 aliphatic heterocycles. The SMILES string of the molecule is CCNC(=NCC(C)Cn1cccn1)NC1CC2(CCCC2)Oc2ccccc21. The van der Waals surface area contributed by atoms with E-state index >= 15 is 0 Å². The van der Waals surface area contributed by atoms with Gasteiger partial charge in [-0.05, 0) is 50.7 Å². The number of hydrogen-bond donors (Lipinski definition) is 2. The number of benzene rings is 1. The molecule has 2 aromatic rings. The lowest BCUT2D eigenvalue weighted by atomic mass is 9.86. The number of guanidine groups is 1. The summed E-state index contributed by atoms with van der Waals surface area (Å²) in [6, 6.07) is 10.6. The normalized spacial score (nSPS) is 21.4. The summed E-state index contributed by atoms with van der Waals surface area (Å²) in [5.41, 5.74) is 1.22. The second-order valence-electron chi connectivity index (χ2n) is 8.48. The molecule has 2 heterocycles. The highest BCUT2D eigenvalue weighted by Crippen LogP contribution is 2.46. The Labute approximate surface area is 173 Å². The summed E-state index contributed by atoms with van der Waals surface area (Å²) in [5.74, 6) is 2.32. The van der Waals surface area contributed by atoms with Gasteiger partial charge in [-0.1, -0.05) is 25.1 Å². The molecule has 1 aromatic heterocycles. The second kappa shape index (κ2) is 8.89. The quantitative estimate of drug-likeness (QED) is 0.575.